The summed E-state index contributed by atoms with van der Waals surface area (Å²) >= 11 is 0. The van der Waals surface area contributed by atoms with Crippen molar-refractivity contribution in [2.45, 2.75) is 52.1 Å². The Kier molecular flexibility index (Phi) is 4.12. The summed E-state index contributed by atoms with van der Waals surface area (Å²) < 4.78 is 5.50. The first-order valence-corrected chi connectivity index (χ1v) is 9.06. The Bertz CT molecular complexity index is 886. The van der Waals surface area contributed by atoms with Crippen LogP contribution in [-0.2, 0) is 6.54 Å². The second-order valence-electron chi connectivity index (χ2n) is 7.09. The van der Waals surface area contributed by atoms with Crippen molar-refractivity contribution in [2.75, 3.05) is 0 Å². The van der Waals surface area contributed by atoms with E-state index in [4.69, 9.17) is 4.42 Å². The molecule has 1 aliphatic rings. The number of aromatic amines is 1. The van der Waals surface area contributed by atoms with Crippen LogP contribution in [0.4, 0.5) is 0 Å². The number of furan rings is 1. The molecule has 3 aromatic rings. The molecule has 4 rings (SSSR count). The van der Waals surface area contributed by atoms with Gasteiger partial charge < -0.3 is 14.3 Å². The fraction of sp³-hybridized carbons (Fsp3) is 0.381. The van der Waals surface area contributed by atoms with Crippen LogP contribution < -0.4 is 0 Å². The predicted molar refractivity (Wildman–Crippen MR) is 98.6 cm³/mol. The van der Waals surface area contributed by atoms with Gasteiger partial charge in [0.05, 0.1) is 12.8 Å². The fourth-order valence-corrected chi connectivity index (χ4v) is 3.91. The first kappa shape index (κ1) is 16.0. The number of carbonyl (C=O) groups is 1. The van der Waals surface area contributed by atoms with E-state index in [2.05, 4.69) is 18.8 Å². The van der Waals surface area contributed by atoms with E-state index in [0.717, 1.165) is 40.8 Å². The Morgan fingerprint density at radius 2 is 2.04 bits per heavy atom. The van der Waals surface area contributed by atoms with Crippen molar-refractivity contribution in [2.24, 2.45) is 0 Å². The van der Waals surface area contributed by atoms with Gasteiger partial charge in [-0.05, 0) is 62.6 Å². The molecule has 0 unspecified atom stereocenters. The van der Waals surface area contributed by atoms with Crippen molar-refractivity contribution >= 4 is 16.8 Å². The first-order chi connectivity index (χ1) is 12.1. The molecule has 4 nitrogen and oxygen atoms in total. The quantitative estimate of drug-likeness (QED) is 0.732. The number of hydrogen-bond acceptors (Lipinski definition) is 2. The van der Waals surface area contributed by atoms with Crippen LogP contribution >= 0.6 is 0 Å². The number of aryl methyl sites for hydroxylation is 2. The van der Waals surface area contributed by atoms with Crippen LogP contribution in [0.5, 0.6) is 0 Å². The minimum atomic E-state index is 0.100. The van der Waals surface area contributed by atoms with Crippen LogP contribution in [0, 0.1) is 13.8 Å². The number of H-pyrrole nitrogens is 1. The molecule has 0 aliphatic heterocycles. The lowest BCUT2D eigenvalue weighted by Gasteiger charge is -2.28. The third-order valence-electron chi connectivity index (χ3n) is 5.49. The average Bonchev–Trinajstić information content (AvgIpc) is 3.35. The number of hydrogen-bond donors (Lipinski definition) is 1. The second kappa shape index (κ2) is 6.43. The zero-order valence-corrected chi connectivity index (χ0v) is 14.8. The number of aromatic nitrogens is 1. The van der Waals surface area contributed by atoms with Crippen LogP contribution in [0.1, 0.15) is 53.1 Å². The summed E-state index contributed by atoms with van der Waals surface area (Å²) in [6.45, 7) is 4.71. The maximum atomic E-state index is 13.3. The number of carbonyl (C=O) groups excluding carboxylic acids is 1. The summed E-state index contributed by atoms with van der Waals surface area (Å²) in [5.41, 5.74) is 4.21. The largest absolute Gasteiger partial charge is 0.467 e. The molecule has 25 heavy (non-hydrogen) atoms. The van der Waals surface area contributed by atoms with E-state index in [1.807, 2.05) is 35.2 Å². The maximum absolute atomic E-state index is 13.3. The van der Waals surface area contributed by atoms with E-state index in [-0.39, 0.29) is 5.91 Å². The lowest BCUT2D eigenvalue weighted by molar-refractivity contribution is 0.0649. The van der Waals surface area contributed by atoms with E-state index in [1.165, 1.54) is 18.4 Å². The Labute approximate surface area is 147 Å². The highest BCUT2D eigenvalue weighted by Gasteiger charge is 2.28. The smallest absolute Gasteiger partial charge is 0.254 e. The van der Waals surface area contributed by atoms with Crippen molar-refractivity contribution in [1.29, 1.82) is 0 Å². The summed E-state index contributed by atoms with van der Waals surface area (Å²) in [6.07, 6.45) is 6.22. The van der Waals surface area contributed by atoms with Crippen molar-refractivity contribution in [3.63, 3.8) is 0 Å². The van der Waals surface area contributed by atoms with Crippen molar-refractivity contribution in [3.8, 4) is 0 Å². The molecule has 0 spiro atoms. The fourth-order valence-electron chi connectivity index (χ4n) is 3.91. The van der Waals surface area contributed by atoms with Gasteiger partial charge in [0.1, 0.15) is 5.76 Å². The minimum absolute atomic E-state index is 0.100. The number of nitrogens with zero attached hydrogens (tertiary/aromatic N) is 1. The first-order valence-electron chi connectivity index (χ1n) is 9.06. The highest BCUT2D eigenvalue weighted by molar-refractivity contribution is 5.99. The van der Waals surface area contributed by atoms with Gasteiger partial charge in [0.15, 0.2) is 0 Å². The number of fused-ring (bicyclic) bond motifs is 1. The molecule has 4 heteroatoms. The van der Waals surface area contributed by atoms with Gasteiger partial charge in [0.2, 0.25) is 0 Å². The van der Waals surface area contributed by atoms with Gasteiger partial charge >= 0.3 is 0 Å². The van der Waals surface area contributed by atoms with Gasteiger partial charge in [-0.15, -0.1) is 0 Å². The zero-order valence-electron chi connectivity index (χ0n) is 14.8. The van der Waals surface area contributed by atoms with Crippen molar-refractivity contribution < 1.29 is 9.21 Å². The van der Waals surface area contributed by atoms with E-state index in [9.17, 15) is 4.79 Å². The Morgan fingerprint density at radius 1 is 1.24 bits per heavy atom. The number of benzene rings is 1. The SMILES string of the molecule is Cc1[nH]c2ccc(C(=O)N(Cc3ccco3)C3CCCC3)cc2c1C. The zero-order chi connectivity index (χ0) is 17.4. The third kappa shape index (κ3) is 2.97. The summed E-state index contributed by atoms with van der Waals surface area (Å²) in [5, 5.41) is 1.13. The van der Waals surface area contributed by atoms with Crippen LogP contribution in [0.25, 0.3) is 10.9 Å². The normalized spacial score (nSPS) is 15.1. The molecule has 1 saturated carbocycles. The van der Waals surface area contributed by atoms with Crippen LogP contribution in [0.3, 0.4) is 0 Å². The Balaban J connectivity index is 1.68. The second-order valence-corrected chi connectivity index (χ2v) is 7.09. The Hall–Kier alpha value is -2.49. The lowest BCUT2D eigenvalue weighted by Crippen LogP contribution is -2.38. The third-order valence-corrected chi connectivity index (χ3v) is 5.49. The molecule has 0 bridgehead atoms. The summed E-state index contributed by atoms with van der Waals surface area (Å²) in [5.74, 6) is 0.943. The molecule has 130 valence electrons. The molecular weight excluding hydrogens is 312 g/mol. The molecule has 1 N–H and O–H groups in total. The molecule has 1 amide bonds. The molecule has 2 aromatic heterocycles. The number of nitrogens with one attached hydrogen (secondary N) is 1. The number of amides is 1. The van der Waals surface area contributed by atoms with Gasteiger partial charge in [-0.1, -0.05) is 12.8 Å². The lowest BCUT2D eigenvalue weighted by atomic mass is 10.1. The molecule has 1 fully saturated rings. The topological polar surface area (TPSA) is 49.2 Å². The van der Waals surface area contributed by atoms with Gasteiger partial charge in [-0.25, -0.2) is 0 Å². The molecule has 1 aliphatic carbocycles. The summed E-state index contributed by atoms with van der Waals surface area (Å²) in [7, 11) is 0. The summed E-state index contributed by atoms with van der Waals surface area (Å²) in [4.78, 5) is 18.7. The van der Waals surface area contributed by atoms with E-state index in [1.54, 1.807) is 6.26 Å². The molecular formula is C21H24N2O2. The van der Waals surface area contributed by atoms with Crippen LogP contribution in [-0.4, -0.2) is 21.8 Å². The summed E-state index contributed by atoms with van der Waals surface area (Å²) in [6, 6.07) is 10.1. The molecule has 0 radical (unpaired) electrons. The van der Waals surface area contributed by atoms with E-state index < -0.39 is 0 Å². The molecule has 0 atom stereocenters. The standard InChI is InChI=1S/C21H24N2O2/c1-14-15(2)22-20-10-9-16(12-19(14)20)21(24)23(17-6-3-4-7-17)13-18-8-5-11-25-18/h5,8-12,17,22H,3-4,6-7,13H2,1-2H3. The van der Waals surface area contributed by atoms with Crippen molar-refractivity contribution in [3.05, 3.63) is 59.2 Å². The van der Waals surface area contributed by atoms with Gasteiger partial charge in [0.25, 0.3) is 5.91 Å². The minimum Gasteiger partial charge on any atom is -0.467 e. The highest BCUT2D eigenvalue weighted by Crippen LogP contribution is 2.28. The molecule has 2 heterocycles. The average molecular weight is 336 g/mol. The molecule has 0 saturated heterocycles. The van der Waals surface area contributed by atoms with Crippen LogP contribution in [0.15, 0.2) is 41.0 Å². The van der Waals surface area contributed by atoms with E-state index >= 15 is 0 Å². The van der Waals surface area contributed by atoms with Gasteiger partial charge in [-0.2, -0.15) is 0 Å². The highest BCUT2D eigenvalue weighted by atomic mass is 16.3. The predicted octanol–water partition coefficient (Wildman–Crippen LogP) is 4.96. The molecule has 1 aromatic carbocycles. The van der Waals surface area contributed by atoms with Gasteiger partial charge in [-0.3, -0.25) is 4.79 Å². The Morgan fingerprint density at radius 3 is 2.76 bits per heavy atom. The van der Waals surface area contributed by atoms with E-state index in [0.29, 0.717) is 12.6 Å². The van der Waals surface area contributed by atoms with Crippen LogP contribution in [0.2, 0.25) is 0 Å². The van der Waals surface area contributed by atoms with Crippen molar-refractivity contribution in [1.82, 2.24) is 9.88 Å². The van der Waals surface area contributed by atoms with Gasteiger partial charge in [0, 0.05) is 28.2 Å². The number of rotatable bonds is 4. The monoisotopic (exact) mass is 336 g/mol. The maximum Gasteiger partial charge on any atom is 0.254 e.